The topological polar surface area (TPSA) is 90.5 Å². The van der Waals surface area contributed by atoms with Gasteiger partial charge in [-0.15, -0.1) is 5.06 Å². The first-order valence-corrected chi connectivity index (χ1v) is 7.36. The third-order valence-electron chi connectivity index (χ3n) is 3.74. The van der Waals surface area contributed by atoms with E-state index >= 15 is 0 Å². The second kappa shape index (κ2) is 6.04. The SMILES string of the molecule is Cc1c([N+](=O)[O-])cnn1[C@@H]1CCCN(OC(=O)C(C)(C)C)C1. The van der Waals surface area contributed by atoms with E-state index in [4.69, 9.17) is 4.84 Å². The normalized spacial score (nSPS) is 19.9. The summed E-state index contributed by atoms with van der Waals surface area (Å²) in [5.41, 5.74) is -0.0179. The van der Waals surface area contributed by atoms with Crippen molar-refractivity contribution in [2.24, 2.45) is 5.41 Å². The highest BCUT2D eigenvalue weighted by atomic mass is 16.7. The third kappa shape index (κ3) is 3.44. The van der Waals surface area contributed by atoms with E-state index in [0.717, 1.165) is 12.8 Å². The van der Waals surface area contributed by atoms with Gasteiger partial charge in [0.1, 0.15) is 11.9 Å². The minimum atomic E-state index is -0.562. The zero-order valence-electron chi connectivity index (χ0n) is 13.4. The van der Waals surface area contributed by atoms with Gasteiger partial charge >= 0.3 is 11.7 Å². The summed E-state index contributed by atoms with van der Waals surface area (Å²) in [5.74, 6) is -0.281. The Kier molecular flexibility index (Phi) is 4.50. The molecular weight excluding hydrogens is 288 g/mol. The minimum absolute atomic E-state index is 0.0174. The van der Waals surface area contributed by atoms with E-state index < -0.39 is 10.3 Å². The van der Waals surface area contributed by atoms with E-state index in [1.807, 2.05) is 0 Å². The molecule has 1 fully saturated rings. The zero-order chi connectivity index (χ0) is 16.5. The van der Waals surface area contributed by atoms with Gasteiger partial charge in [-0.05, 0) is 40.5 Å². The van der Waals surface area contributed by atoms with Crippen LogP contribution in [0.3, 0.4) is 0 Å². The second-order valence-corrected chi connectivity index (χ2v) is 6.63. The Bertz CT molecular complexity index is 576. The molecule has 0 amide bonds. The molecule has 2 heterocycles. The highest BCUT2D eigenvalue weighted by molar-refractivity contribution is 5.75. The summed E-state index contributed by atoms with van der Waals surface area (Å²) in [6, 6.07) is -0.0322. The second-order valence-electron chi connectivity index (χ2n) is 6.63. The molecule has 0 aliphatic carbocycles. The van der Waals surface area contributed by atoms with E-state index in [-0.39, 0.29) is 17.7 Å². The van der Waals surface area contributed by atoms with Gasteiger partial charge in [-0.2, -0.15) is 5.10 Å². The number of nitrogens with zero attached hydrogens (tertiary/aromatic N) is 4. The number of hydrogen-bond acceptors (Lipinski definition) is 6. The smallest absolute Gasteiger partial charge is 0.330 e. The molecule has 8 heteroatoms. The van der Waals surface area contributed by atoms with Gasteiger partial charge in [-0.3, -0.25) is 14.8 Å². The fourth-order valence-corrected chi connectivity index (χ4v) is 2.42. The molecule has 8 nitrogen and oxygen atoms in total. The number of piperidine rings is 1. The Labute approximate surface area is 129 Å². The molecule has 0 radical (unpaired) electrons. The van der Waals surface area contributed by atoms with Crippen molar-refractivity contribution < 1.29 is 14.6 Å². The first-order valence-electron chi connectivity index (χ1n) is 7.36. The first kappa shape index (κ1) is 16.4. The standard InChI is InChI=1S/C14H22N4O4/c1-10-12(18(20)21)8-15-17(10)11-6-5-7-16(9-11)22-13(19)14(2,3)4/h8,11H,5-7,9H2,1-4H3/t11-/m1/s1. The summed E-state index contributed by atoms with van der Waals surface area (Å²) in [5, 5.41) is 16.7. The van der Waals surface area contributed by atoms with Crippen molar-refractivity contribution in [3.63, 3.8) is 0 Å². The van der Waals surface area contributed by atoms with Gasteiger partial charge in [0.25, 0.3) is 0 Å². The number of carbonyl (C=O) groups excluding carboxylic acids is 1. The maximum atomic E-state index is 12.0. The van der Waals surface area contributed by atoms with Crippen LogP contribution < -0.4 is 0 Å². The van der Waals surface area contributed by atoms with Crippen molar-refractivity contribution in [3.8, 4) is 0 Å². The van der Waals surface area contributed by atoms with Crippen LogP contribution in [0, 0.1) is 22.5 Å². The van der Waals surface area contributed by atoms with Crippen LogP contribution in [0.25, 0.3) is 0 Å². The van der Waals surface area contributed by atoms with Crippen molar-refractivity contribution in [2.45, 2.75) is 46.6 Å². The monoisotopic (exact) mass is 310 g/mol. The molecule has 1 aromatic rings. The van der Waals surface area contributed by atoms with Crippen LogP contribution >= 0.6 is 0 Å². The summed E-state index contributed by atoms with van der Waals surface area (Å²) >= 11 is 0. The highest BCUT2D eigenvalue weighted by Crippen LogP contribution is 2.27. The summed E-state index contributed by atoms with van der Waals surface area (Å²) in [4.78, 5) is 27.9. The van der Waals surface area contributed by atoms with Crippen LogP contribution in [0.5, 0.6) is 0 Å². The lowest BCUT2D eigenvalue weighted by molar-refractivity contribution is -0.385. The quantitative estimate of drug-likeness (QED) is 0.628. The Morgan fingerprint density at radius 1 is 1.50 bits per heavy atom. The van der Waals surface area contributed by atoms with Gasteiger partial charge in [-0.25, -0.2) is 4.79 Å². The minimum Gasteiger partial charge on any atom is -0.367 e. The number of hydrogen-bond donors (Lipinski definition) is 0. The Morgan fingerprint density at radius 3 is 2.73 bits per heavy atom. The molecule has 1 aromatic heterocycles. The predicted molar refractivity (Wildman–Crippen MR) is 79.0 cm³/mol. The van der Waals surface area contributed by atoms with E-state index in [9.17, 15) is 14.9 Å². The maximum Gasteiger partial charge on any atom is 0.330 e. The highest BCUT2D eigenvalue weighted by Gasteiger charge is 2.31. The summed E-state index contributed by atoms with van der Waals surface area (Å²) in [7, 11) is 0. The van der Waals surface area contributed by atoms with E-state index in [1.165, 1.54) is 6.20 Å². The molecule has 0 saturated carbocycles. The number of nitro groups is 1. The molecule has 0 bridgehead atoms. The lowest BCUT2D eigenvalue weighted by atomic mass is 9.98. The molecule has 122 valence electrons. The third-order valence-corrected chi connectivity index (χ3v) is 3.74. The number of carbonyl (C=O) groups is 1. The summed E-state index contributed by atoms with van der Waals surface area (Å²) < 4.78 is 1.66. The fraction of sp³-hybridized carbons (Fsp3) is 0.714. The largest absolute Gasteiger partial charge is 0.367 e. The number of aromatic nitrogens is 2. The Balaban J connectivity index is 2.08. The molecule has 1 saturated heterocycles. The number of hydroxylamine groups is 2. The van der Waals surface area contributed by atoms with Gasteiger partial charge in [-0.1, -0.05) is 0 Å². The molecule has 0 spiro atoms. The molecule has 1 aliphatic rings. The molecule has 22 heavy (non-hydrogen) atoms. The van der Waals surface area contributed by atoms with Crippen LogP contribution in [0.15, 0.2) is 6.20 Å². The molecule has 1 atom stereocenters. The average Bonchev–Trinajstić information content (AvgIpc) is 2.80. The van der Waals surface area contributed by atoms with Crippen LogP contribution in [0.1, 0.15) is 45.3 Å². The van der Waals surface area contributed by atoms with Crippen LogP contribution in [-0.4, -0.2) is 38.8 Å². The van der Waals surface area contributed by atoms with E-state index in [1.54, 1.807) is 37.4 Å². The molecule has 0 aromatic carbocycles. The van der Waals surface area contributed by atoms with Crippen LogP contribution in [-0.2, 0) is 9.63 Å². The maximum absolute atomic E-state index is 12.0. The van der Waals surface area contributed by atoms with Crippen LogP contribution in [0.2, 0.25) is 0 Å². The van der Waals surface area contributed by atoms with E-state index in [2.05, 4.69) is 5.10 Å². The zero-order valence-corrected chi connectivity index (χ0v) is 13.4. The van der Waals surface area contributed by atoms with Gasteiger partial charge < -0.3 is 4.84 Å². The van der Waals surface area contributed by atoms with Gasteiger partial charge in [0.15, 0.2) is 0 Å². The first-order chi connectivity index (χ1) is 10.2. The van der Waals surface area contributed by atoms with Gasteiger partial charge in [0, 0.05) is 6.54 Å². The van der Waals surface area contributed by atoms with Crippen molar-refractivity contribution in [1.82, 2.24) is 14.8 Å². The number of rotatable bonds is 3. The lowest BCUT2D eigenvalue weighted by Gasteiger charge is -2.33. The fourth-order valence-electron chi connectivity index (χ4n) is 2.42. The lowest BCUT2D eigenvalue weighted by Crippen LogP contribution is -2.41. The van der Waals surface area contributed by atoms with Crippen molar-refractivity contribution >= 4 is 11.7 Å². The van der Waals surface area contributed by atoms with Crippen LogP contribution in [0.4, 0.5) is 5.69 Å². The van der Waals surface area contributed by atoms with Crippen molar-refractivity contribution in [1.29, 1.82) is 0 Å². The molecule has 0 N–H and O–H groups in total. The summed E-state index contributed by atoms with van der Waals surface area (Å²) in [6.07, 6.45) is 2.97. The summed E-state index contributed by atoms with van der Waals surface area (Å²) in [6.45, 7) is 8.25. The average molecular weight is 310 g/mol. The molecule has 0 unspecified atom stereocenters. The van der Waals surface area contributed by atoms with Gasteiger partial charge in [0.05, 0.1) is 22.9 Å². The van der Waals surface area contributed by atoms with Gasteiger partial charge in [0.2, 0.25) is 0 Å². The molecule has 2 rings (SSSR count). The Morgan fingerprint density at radius 2 is 2.18 bits per heavy atom. The van der Waals surface area contributed by atoms with E-state index in [0.29, 0.717) is 18.8 Å². The van der Waals surface area contributed by atoms with Crippen molar-refractivity contribution in [2.75, 3.05) is 13.1 Å². The molecule has 1 aliphatic heterocycles. The van der Waals surface area contributed by atoms with Crippen molar-refractivity contribution in [3.05, 3.63) is 22.0 Å². The molecular formula is C14H22N4O4. The Hall–Kier alpha value is -1.96. The predicted octanol–water partition coefficient (Wildman–Crippen LogP) is 2.24.